The number of nitrogens with one attached hydrogen (secondary N) is 2. The lowest BCUT2D eigenvalue weighted by atomic mass is 9.98. The van der Waals surface area contributed by atoms with Crippen molar-refractivity contribution < 1.29 is 4.74 Å². The van der Waals surface area contributed by atoms with Crippen LogP contribution in [0.5, 0.6) is 5.75 Å². The molecule has 2 N–H and O–H groups in total. The molecule has 0 aliphatic rings. The number of ether oxygens (including phenoxy) is 1. The maximum absolute atomic E-state index is 5.22. The van der Waals surface area contributed by atoms with Crippen molar-refractivity contribution in [1.82, 2.24) is 25.9 Å². The Morgan fingerprint density at radius 2 is 2.35 bits per heavy atom. The summed E-state index contributed by atoms with van der Waals surface area (Å²) in [5.41, 5.74) is 1.10. The number of hydrogen-bond acceptors (Lipinski definition) is 5. The zero-order valence-electron chi connectivity index (χ0n) is 9.84. The molecular weight excluding hydrogens is 218 g/mol. The summed E-state index contributed by atoms with van der Waals surface area (Å²) in [6.45, 7) is 0.743. The van der Waals surface area contributed by atoms with Gasteiger partial charge in [0.2, 0.25) is 0 Å². The van der Waals surface area contributed by atoms with Crippen molar-refractivity contribution in [3.63, 3.8) is 0 Å². The number of rotatable bonds is 5. The first-order valence-corrected chi connectivity index (χ1v) is 5.37. The molecule has 0 spiro atoms. The highest BCUT2D eigenvalue weighted by Gasteiger charge is 2.18. The maximum Gasteiger partial charge on any atom is 0.183 e. The van der Waals surface area contributed by atoms with Gasteiger partial charge < -0.3 is 10.1 Å². The molecule has 0 fully saturated rings. The van der Waals surface area contributed by atoms with Crippen LogP contribution in [0.25, 0.3) is 0 Å². The van der Waals surface area contributed by atoms with Crippen LogP contribution >= 0.6 is 0 Å². The van der Waals surface area contributed by atoms with Crippen LogP contribution in [0, 0.1) is 0 Å². The summed E-state index contributed by atoms with van der Waals surface area (Å²) in [5.74, 6) is 1.56. The van der Waals surface area contributed by atoms with Gasteiger partial charge in [0.05, 0.1) is 13.0 Å². The van der Waals surface area contributed by atoms with E-state index in [4.69, 9.17) is 4.74 Å². The van der Waals surface area contributed by atoms with Crippen LogP contribution in [-0.2, 0) is 0 Å². The summed E-state index contributed by atoms with van der Waals surface area (Å²) < 4.78 is 5.22. The van der Waals surface area contributed by atoms with Gasteiger partial charge in [-0.15, -0.1) is 10.2 Å². The molecule has 0 saturated carbocycles. The molecule has 1 aromatic heterocycles. The number of aromatic amines is 1. The van der Waals surface area contributed by atoms with Gasteiger partial charge in [0.25, 0.3) is 0 Å². The number of nitrogens with zero attached hydrogens (tertiary/aromatic N) is 3. The summed E-state index contributed by atoms with van der Waals surface area (Å²) in [4.78, 5) is 0. The van der Waals surface area contributed by atoms with E-state index in [1.807, 2.05) is 31.3 Å². The van der Waals surface area contributed by atoms with Crippen molar-refractivity contribution in [2.24, 2.45) is 0 Å². The maximum atomic E-state index is 5.22. The van der Waals surface area contributed by atoms with Crippen molar-refractivity contribution >= 4 is 0 Å². The van der Waals surface area contributed by atoms with Gasteiger partial charge >= 0.3 is 0 Å². The highest BCUT2D eigenvalue weighted by molar-refractivity contribution is 5.33. The second-order valence-electron chi connectivity index (χ2n) is 3.66. The number of H-pyrrole nitrogens is 1. The van der Waals surface area contributed by atoms with Gasteiger partial charge in [-0.1, -0.05) is 17.3 Å². The zero-order chi connectivity index (χ0) is 12.1. The van der Waals surface area contributed by atoms with E-state index in [0.717, 1.165) is 17.9 Å². The molecule has 0 bridgehead atoms. The molecule has 6 nitrogen and oxygen atoms in total. The van der Waals surface area contributed by atoms with E-state index in [0.29, 0.717) is 5.82 Å². The lowest BCUT2D eigenvalue weighted by Crippen LogP contribution is -2.19. The Morgan fingerprint density at radius 1 is 1.47 bits per heavy atom. The lowest BCUT2D eigenvalue weighted by molar-refractivity contribution is 0.414. The minimum absolute atomic E-state index is 0.0637. The summed E-state index contributed by atoms with van der Waals surface area (Å²) in [6, 6.07) is 7.88. The van der Waals surface area contributed by atoms with Gasteiger partial charge in [-0.05, 0) is 24.7 Å². The third-order valence-corrected chi connectivity index (χ3v) is 2.58. The molecule has 0 radical (unpaired) electrons. The van der Waals surface area contributed by atoms with Crippen LogP contribution in [0.1, 0.15) is 17.3 Å². The molecule has 6 heteroatoms. The Balaban J connectivity index is 2.32. The van der Waals surface area contributed by atoms with Crippen LogP contribution < -0.4 is 10.1 Å². The number of tetrazole rings is 1. The summed E-state index contributed by atoms with van der Waals surface area (Å²) in [7, 11) is 3.55. The Kier molecular flexibility index (Phi) is 3.66. The van der Waals surface area contributed by atoms with Crippen molar-refractivity contribution in [3.8, 4) is 5.75 Å². The first-order chi connectivity index (χ1) is 8.35. The van der Waals surface area contributed by atoms with Crippen molar-refractivity contribution in [2.75, 3.05) is 20.7 Å². The van der Waals surface area contributed by atoms with E-state index in [9.17, 15) is 0 Å². The third kappa shape index (κ3) is 2.59. The second kappa shape index (κ2) is 5.40. The molecule has 90 valence electrons. The van der Waals surface area contributed by atoms with Crippen molar-refractivity contribution in [1.29, 1.82) is 0 Å². The quantitative estimate of drug-likeness (QED) is 0.789. The molecule has 2 rings (SSSR count). The minimum atomic E-state index is 0.0637. The predicted molar refractivity (Wildman–Crippen MR) is 62.9 cm³/mol. The minimum Gasteiger partial charge on any atom is -0.497 e. The number of methoxy groups -OCH3 is 1. The molecule has 2 aromatic rings. The normalized spacial score (nSPS) is 12.4. The fourth-order valence-electron chi connectivity index (χ4n) is 1.74. The summed E-state index contributed by atoms with van der Waals surface area (Å²) in [6.07, 6.45) is 0. The van der Waals surface area contributed by atoms with Crippen LogP contribution in [-0.4, -0.2) is 41.3 Å². The summed E-state index contributed by atoms with van der Waals surface area (Å²) in [5, 5.41) is 17.3. The van der Waals surface area contributed by atoms with Gasteiger partial charge in [-0.2, -0.15) is 5.21 Å². The van der Waals surface area contributed by atoms with E-state index in [1.165, 1.54) is 0 Å². The monoisotopic (exact) mass is 233 g/mol. The first kappa shape index (κ1) is 11.5. The number of likely N-dealkylation sites (N-methyl/N-ethyl adjacent to an activating group) is 1. The standard InChI is InChI=1S/C11H15N5O/c1-12-7-10(11-13-15-16-14-11)8-4-3-5-9(6-8)17-2/h3-6,10,12H,7H2,1-2H3,(H,13,14,15,16). The molecule has 1 unspecified atom stereocenters. The average molecular weight is 233 g/mol. The second-order valence-corrected chi connectivity index (χ2v) is 3.66. The molecule has 1 heterocycles. The average Bonchev–Trinajstić information content (AvgIpc) is 2.89. The van der Waals surface area contributed by atoms with Crippen molar-refractivity contribution in [3.05, 3.63) is 35.7 Å². The Hall–Kier alpha value is -1.95. The van der Waals surface area contributed by atoms with Crippen LogP contribution in [0.4, 0.5) is 0 Å². The molecule has 0 saturated heterocycles. The van der Waals surface area contributed by atoms with Gasteiger partial charge in [0.1, 0.15) is 5.75 Å². The Morgan fingerprint density at radius 3 is 3.00 bits per heavy atom. The highest BCUT2D eigenvalue weighted by atomic mass is 16.5. The fraction of sp³-hybridized carbons (Fsp3) is 0.364. The van der Waals surface area contributed by atoms with Gasteiger partial charge in [-0.25, -0.2) is 0 Å². The first-order valence-electron chi connectivity index (χ1n) is 5.37. The zero-order valence-corrected chi connectivity index (χ0v) is 9.84. The number of hydrogen-bond donors (Lipinski definition) is 2. The predicted octanol–water partition coefficient (Wildman–Crippen LogP) is 0.560. The van der Waals surface area contributed by atoms with E-state index in [2.05, 4.69) is 25.9 Å². The van der Waals surface area contributed by atoms with Crippen LogP contribution in [0.15, 0.2) is 24.3 Å². The molecule has 1 atom stereocenters. The third-order valence-electron chi connectivity index (χ3n) is 2.58. The smallest absolute Gasteiger partial charge is 0.183 e. The summed E-state index contributed by atoms with van der Waals surface area (Å²) >= 11 is 0. The molecule has 17 heavy (non-hydrogen) atoms. The molecule has 0 aliphatic carbocycles. The molecule has 0 aliphatic heterocycles. The van der Waals surface area contributed by atoms with E-state index in [-0.39, 0.29) is 5.92 Å². The largest absolute Gasteiger partial charge is 0.497 e. The molecule has 1 aromatic carbocycles. The SMILES string of the molecule is CNCC(c1cccc(OC)c1)c1nn[nH]n1. The Bertz CT molecular complexity index is 457. The Labute approximate surface area is 99.4 Å². The van der Waals surface area contributed by atoms with E-state index >= 15 is 0 Å². The van der Waals surface area contributed by atoms with Gasteiger partial charge in [0, 0.05) is 6.54 Å². The van der Waals surface area contributed by atoms with Gasteiger partial charge in [0.15, 0.2) is 5.82 Å². The van der Waals surface area contributed by atoms with E-state index in [1.54, 1.807) is 7.11 Å². The highest BCUT2D eigenvalue weighted by Crippen LogP contribution is 2.23. The lowest BCUT2D eigenvalue weighted by Gasteiger charge is -2.13. The fourth-order valence-corrected chi connectivity index (χ4v) is 1.74. The number of benzene rings is 1. The van der Waals surface area contributed by atoms with Gasteiger partial charge in [-0.3, -0.25) is 0 Å². The van der Waals surface area contributed by atoms with Crippen LogP contribution in [0.3, 0.4) is 0 Å². The topological polar surface area (TPSA) is 75.7 Å². The number of aromatic nitrogens is 4. The van der Waals surface area contributed by atoms with E-state index < -0.39 is 0 Å². The molecule has 0 amide bonds. The molecular formula is C11H15N5O. The van der Waals surface area contributed by atoms with Crippen molar-refractivity contribution in [2.45, 2.75) is 5.92 Å². The van der Waals surface area contributed by atoms with Crippen LogP contribution in [0.2, 0.25) is 0 Å².